The molecule has 1 aromatic carbocycles. The monoisotopic (exact) mass is 313 g/mol. The third kappa shape index (κ3) is 4.10. The molecule has 0 spiro atoms. The van der Waals surface area contributed by atoms with Crippen LogP contribution in [0.3, 0.4) is 0 Å². The summed E-state index contributed by atoms with van der Waals surface area (Å²) in [5.74, 6) is -3.55. The minimum absolute atomic E-state index is 0.453. The normalized spacial score (nSPS) is 13.2. The summed E-state index contributed by atoms with van der Waals surface area (Å²) < 4.78 is 66.2. The molecule has 0 unspecified atom stereocenters. The number of benzene rings is 1. The van der Waals surface area contributed by atoms with Gasteiger partial charge in [0.25, 0.3) is 0 Å². The van der Waals surface area contributed by atoms with Gasteiger partial charge in [-0.1, -0.05) is 0 Å². The molecule has 0 aliphatic carbocycles. The number of hydrogen-bond acceptors (Lipinski definition) is 4. The zero-order valence-corrected chi connectivity index (χ0v) is 10.8. The Morgan fingerprint density at radius 1 is 1.40 bits per heavy atom. The van der Waals surface area contributed by atoms with E-state index in [1.54, 1.807) is 4.72 Å². The van der Waals surface area contributed by atoms with Crippen molar-refractivity contribution in [1.82, 2.24) is 4.72 Å². The lowest BCUT2D eigenvalue weighted by molar-refractivity contribution is -0.138. The van der Waals surface area contributed by atoms with Crippen molar-refractivity contribution in [1.29, 1.82) is 0 Å². The van der Waals surface area contributed by atoms with Crippen LogP contribution >= 0.6 is 0 Å². The van der Waals surface area contributed by atoms with Crippen molar-refractivity contribution in [2.75, 3.05) is 0 Å². The van der Waals surface area contributed by atoms with Crippen LogP contribution in [0, 0.1) is 5.82 Å². The molecule has 0 heterocycles. The van der Waals surface area contributed by atoms with Gasteiger partial charge in [-0.25, -0.2) is 12.8 Å². The summed E-state index contributed by atoms with van der Waals surface area (Å²) in [6.45, 7) is -2.18. The van der Waals surface area contributed by atoms with E-state index in [-0.39, 0.29) is 0 Å². The molecule has 1 atom stereocenters. The zero-order chi connectivity index (χ0) is 15.5. The number of carbonyl (C=O) groups is 1. The Kier molecular flexibility index (Phi) is 4.95. The Balaban J connectivity index is 3.03. The summed E-state index contributed by atoms with van der Waals surface area (Å²) in [5.41, 5.74) is 0. The molecule has 10 heteroatoms. The minimum Gasteiger partial charge on any atom is -0.480 e. The molecule has 0 radical (unpaired) electrons. The predicted molar refractivity (Wildman–Crippen MR) is 60.5 cm³/mol. The molecule has 0 amide bonds. The van der Waals surface area contributed by atoms with Crippen LogP contribution in [0.4, 0.5) is 13.2 Å². The quantitative estimate of drug-likeness (QED) is 0.822. The zero-order valence-electron chi connectivity index (χ0n) is 10.0. The lowest BCUT2D eigenvalue weighted by Gasteiger charge is -2.11. The SMILES string of the molecule is C[C@@H](NS(=O)(=O)c1ccc(OC(F)F)c(F)c1)C(=O)O. The molecule has 112 valence electrons. The predicted octanol–water partition coefficient (Wildman–Crippen LogP) is 1.18. The van der Waals surface area contributed by atoms with E-state index in [9.17, 15) is 26.4 Å². The summed E-state index contributed by atoms with van der Waals surface area (Å²) >= 11 is 0. The molecule has 0 aromatic heterocycles. The number of ether oxygens (including phenoxy) is 1. The van der Waals surface area contributed by atoms with Gasteiger partial charge < -0.3 is 9.84 Å². The van der Waals surface area contributed by atoms with Gasteiger partial charge in [0, 0.05) is 0 Å². The number of alkyl halides is 2. The van der Waals surface area contributed by atoms with Crippen molar-refractivity contribution >= 4 is 16.0 Å². The standard InChI is InChI=1S/C10H10F3NO5S/c1-5(9(15)16)14-20(17,18)6-2-3-8(7(11)4-6)19-10(12)13/h2-5,10,14H,1H3,(H,15,16)/t5-/m1/s1. The Morgan fingerprint density at radius 2 is 2.00 bits per heavy atom. The summed E-state index contributed by atoms with van der Waals surface area (Å²) in [7, 11) is -4.29. The summed E-state index contributed by atoms with van der Waals surface area (Å²) in [5, 5.41) is 8.59. The van der Waals surface area contributed by atoms with Crippen LogP contribution in [0.1, 0.15) is 6.92 Å². The maximum Gasteiger partial charge on any atom is 0.387 e. The van der Waals surface area contributed by atoms with Crippen molar-refractivity contribution < 1.29 is 36.2 Å². The third-order valence-electron chi connectivity index (χ3n) is 2.13. The Labute approximate surface area is 112 Å². The van der Waals surface area contributed by atoms with E-state index in [2.05, 4.69) is 4.74 Å². The molecule has 0 saturated heterocycles. The highest BCUT2D eigenvalue weighted by molar-refractivity contribution is 7.89. The number of hydrogen-bond donors (Lipinski definition) is 2. The number of nitrogens with one attached hydrogen (secondary N) is 1. The van der Waals surface area contributed by atoms with Crippen LogP contribution in [-0.2, 0) is 14.8 Å². The first-order chi connectivity index (χ1) is 9.13. The van der Waals surface area contributed by atoms with Gasteiger partial charge in [0.2, 0.25) is 10.0 Å². The molecule has 1 aromatic rings. The molecule has 0 fully saturated rings. The van der Waals surface area contributed by atoms with E-state index in [4.69, 9.17) is 5.11 Å². The smallest absolute Gasteiger partial charge is 0.387 e. The summed E-state index contributed by atoms with van der Waals surface area (Å²) in [4.78, 5) is 9.94. The Hall–Kier alpha value is -1.81. The van der Waals surface area contributed by atoms with Crippen LogP contribution in [-0.4, -0.2) is 32.1 Å². The fraction of sp³-hybridized carbons (Fsp3) is 0.300. The van der Waals surface area contributed by atoms with E-state index in [1.807, 2.05) is 0 Å². The summed E-state index contributed by atoms with van der Waals surface area (Å²) in [6, 6.07) is 0.549. The largest absolute Gasteiger partial charge is 0.480 e. The highest BCUT2D eigenvalue weighted by Crippen LogP contribution is 2.22. The highest BCUT2D eigenvalue weighted by Gasteiger charge is 2.23. The molecule has 2 N–H and O–H groups in total. The second-order valence-electron chi connectivity index (χ2n) is 3.65. The van der Waals surface area contributed by atoms with Crippen LogP contribution in [0.25, 0.3) is 0 Å². The average Bonchev–Trinajstić information content (AvgIpc) is 2.30. The lowest BCUT2D eigenvalue weighted by atomic mass is 10.3. The van der Waals surface area contributed by atoms with Crippen LogP contribution in [0.5, 0.6) is 5.75 Å². The van der Waals surface area contributed by atoms with Crippen LogP contribution in [0.2, 0.25) is 0 Å². The maximum atomic E-state index is 13.4. The van der Waals surface area contributed by atoms with Crippen molar-refractivity contribution in [2.24, 2.45) is 0 Å². The van der Waals surface area contributed by atoms with E-state index in [1.165, 1.54) is 0 Å². The van der Waals surface area contributed by atoms with Gasteiger partial charge in [-0.05, 0) is 25.1 Å². The molecular weight excluding hydrogens is 303 g/mol. The van der Waals surface area contributed by atoms with Crippen molar-refractivity contribution in [3.8, 4) is 5.75 Å². The van der Waals surface area contributed by atoms with E-state index in [0.717, 1.165) is 13.0 Å². The van der Waals surface area contributed by atoms with Gasteiger partial charge in [-0.3, -0.25) is 4.79 Å². The fourth-order valence-corrected chi connectivity index (χ4v) is 2.40. The number of sulfonamides is 1. The number of carboxylic acid groups (broad SMARTS) is 1. The molecule has 0 aliphatic heterocycles. The second-order valence-corrected chi connectivity index (χ2v) is 5.37. The maximum absolute atomic E-state index is 13.4. The van der Waals surface area contributed by atoms with Crippen molar-refractivity contribution in [3.63, 3.8) is 0 Å². The molecule has 6 nitrogen and oxygen atoms in total. The summed E-state index contributed by atoms with van der Waals surface area (Å²) in [6.07, 6.45) is 0. The molecule has 0 saturated carbocycles. The molecule has 0 aliphatic rings. The lowest BCUT2D eigenvalue weighted by Crippen LogP contribution is -2.38. The highest BCUT2D eigenvalue weighted by atomic mass is 32.2. The first kappa shape index (κ1) is 16.2. The molecular formula is C10H10F3NO5S. The van der Waals surface area contributed by atoms with E-state index < -0.39 is 45.1 Å². The van der Waals surface area contributed by atoms with Crippen LogP contribution < -0.4 is 9.46 Å². The second kappa shape index (κ2) is 6.09. The Bertz CT molecular complexity index is 605. The molecule has 1 rings (SSSR count). The third-order valence-corrected chi connectivity index (χ3v) is 3.67. The fourth-order valence-electron chi connectivity index (χ4n) is 1.19. The number of rotatable bonds is 6. The van der Waals surface area contributed by atoms with E-state index >= 15 is 0 Å². The van der Waals surface area contributed by atoms with Crippen molar-refractivity contribution in [2.45, 2.75) is 24.5 Å². The van der Waals surface area contributed by atoms with Gasteiger partial charge >= 0.3 is 12.6 Å². The number of carboxylic acids is 1. The minimum atomic E-state index is -4.29. The average molecular weight is 313 g/mol. The van der Waals surface area contributed by atoms with Crippen LogP contribution in [0.15, 0.2) is 23.1 Å². The van der Waals surface area contributed by atoms with Gasteiger partial charge in [-0.2, -0.15) is 13.5 Å². The van der Waals surface area contributed by atoms with E-state index in [0.29, 0.717) is 12.1 Å². The van der Waals surface area contributed by atoms with Gasteiger partial charge in [0.1, 0.15) is 6.04 Å². The molecule has 20 heavy (non-hydrogen) atoms. The topological polar surface area (TPSA) is 92.7 Å². The van der Waals surface area contributed by atoms with Gasteiger partial charge in [0.05, 0.1) is 4.90 Å². The number of halogens is 3. The first-order valence-electron chi connectivity index (χ1n) is 5.13. The first-order valence-corrected chi connectivity index (χ1v) is 6.61. The van der Waals surface area contributed by atoms with Crippen molar-refractivity contribution in [3.05, 3.63) is 24.0 Å². The Morgan fingerprint density at radius 3 is 2.45 bits per heavy atom. The van der Waals surface area contributed by atoms with Gasteiger partial charge in [-0.15, -0.1) is 0 Å². The van der Waals surface area contributed by atoms with Gasteiger partial charge in [0.15, 0.2) is 11.6 Å². The number of aliphatic carboxylic acids is 1. The molecule has 0 bridgehead atoms.